The van der Waals surface area contributed by atoms with Crippen molar-refractivity contribution >= 4 is 23.3 Å². The molecule has 2 heterocycles. The summed E-state index contributed by atoms with van der Waals surface area (Å²) in [7, 11) is 3.72. The molecule has 128 valence electrons. The van der Waals surface area contributed by atoms with Crippen LogP contribution in [0.25, 0.3) is 11.3 Å². The van der Waals surface area contributed by atoms with E-state index in [2.05, 4.69) is 10.3 Å². The number of anilines is 1. The van der Waals surface area contributed by atoms with Gasteiger partial charge in [-0.25, -0.2) is 4.98 Å². The maximum atomic E-state index is 12.5. The molecule has 0 aliphatic rings. The quantitative estimate of drug-likeness (QED) is 0.751. The second-order valence-corrected chi connectivity index (χ2v) is 6.17. The van der Waals surface area contributed by atoms with Gasteiger partial charge in [0.2, 0.25) is 0 Å². The van der Waals surface area contributed by atoms with Crippen LogP contribution in [0.15, 0.2) is 59.2 Å². The number of benzene rings is 1. The van der Waals surface area contributed by atoms with Crippen molar-refractivity contribution in [3.8, 4) is 11.3 Å². The molecule has 1 N–H and O–H groups in total. The average Bonchev–Trinajstić information content (AvgIpc) is 3.13. The summed E-state index contributed by atoms with van der Waals surface area (Å²) in [6, 6.07) is 14.7. The number of nitrogens with one attached hydrogen (secondary N) is 1. The van der Waals surface area contributed by atoms with Crippen molar-refractivity contribution in [1.82, 2.24) is 10.3 Å². The van der Waals surface area contributed by atoms with E-state index in [0.717, 1.165) is 11.3 Å². The second-order valence-electron chi connectivity index (χ2n) is 5.73. The number of rotatable bonds is 5. The number of carbonyl (C=O) groups excluding carboxylic acids is 1. The van der Waals surface area contributed by atoms with E-state index in [1.54, 1.807) is 18.4 Å². The summed E-state index contributed by atoms with van der Waals surface area (Å²) in [5.74, 6) is 1.10. The van der Waals surface area contributed by atoms with Crippen molar-refractivity contribution in [2.45, 2.75) is 6.54 Å². The molecular weight excluding hydrogens is 338 g/mol. The van der Waals surface area contributed by atoms with Gasteiger partial charge in [0.15, 0.2) is 0 Å². The summed E-state index contributed by atoms with van der Waals surface area (Å²) in [4.78, 5) is 19.0. The molecule has 2 aromatic heterocycles. The fourth-order valence-electron chi connectivity index (χ4n) is 2.42. The van der Waals surface area contributed by atoms with Crippen LogP contribution < -0.4 is 10.2 Å². The lowest BCUT2D eigenvalue weighted by Gasteiger charge is -2.17. The highest BCUT2D eigenvalue weighted by molar-refractivity contribution is 6.30. The molecule has 0 aliphatic carbocycles. The molecule has 0 spiro atoms. The van der Waals surface area contributed by atoms with Crippen molar-refractivity contribution in [3.05, 3.63) is 71.1 Å². The van der Waals surface area contributed by atoms with Crippen LogP contribution in [0.2, 0.25) is 5.02 Å². The highest BCUT2D eigenvalue weighted by Gasteiger charge is 2.16. The average molecular weight is 356 g/mol. The third-order valence-corrected chi connectivity index (χ3v) is 3.94. The Morgan fingerprint density at radius 3 is 2.56 bits per heavy atom. The molecule has 0 radical (unpaired) electrons. The first-order chi connectivity index (χ1) is 12.0. The Kier molecular flexibility index (Phi) is 5.05. The van der Waals surface area contributed by atoms with Crippen LogP contribution in [0.4, 0.5) is 5.82 Å². The Hall–Kier alpha value is -2.79. The Morgan fingerprint density at radius 2 is 1.92 bits per heavy atom. The standard InChI is InChI=1S/C19H18ClN3O2/c1-23(2)18-16(19(24)21-12-15-4-3-11-25-15)9-10-17(22-18)13-5-7-14(20)8-6-13/h3-11H,12H2,1-2H3,(H,21,24). The summed E-state index contributed by atoms with van der Waals surface area (Å²) in [6.45, 7) is 0.331. The molecule has 25 heavy (non-hydrogen) atoms. The Balaban J connectivity index is 1.86. The van der Waals surface area contributed by atoms with Crippen LogP contribution in [0.5, 0.6) is 0 Å². The van der Waals surface area contributed by atoms with E-state index in [1.165, 1.54) is 0 Å². The molecular formula is C19H18ClN3O2. The fourth-order valence-corrected chi connectivity index (χ4v) is 2.55. The minimum Gasteiger partial charge on any atom is -0.467 e. The first-order valence-corrected chi connectivity index (χ1v) is 8.17. The number of nitrogens with zero attached hydrogens (tertiary/aromatic N) is 2. The van der Waals surface area contributed by atoms with E-state index in [1.807, 2.05) is 55.4 Å². The van der Waals surface area contributed by atoms with Gasteiger partial charge in [0.25, 0.3) is 5.91 Å². The van der Waals surface area contributed by atoms with Crippen LogP contribution in [0.3, 0.4) is 0 Å². The van der Waals surface area contributed by atoms with Crippen LogP contribution in [-0.2, 0) is 6.54 Å². The van der Waals surface area contributed by atoms with E-state index >= 15 is 0 Å². The number of hydrogen-bond donors (Lipinski definition) is 1. The van der Waals surface area contributed by atoms with Gasteiger partial charge in [-0.1, -0.05) is 23.7 Å². The molecule has 3 rings (SSSR count). The summed E-state index contributed by atoms with van der Waals surface area (Å²) < 4.78 is 5.23. The SMILES string of the molecule is CN(C)c1nc(-c2ccc(Cl)cc2)ccc1C(=O)NCc1ccco1. The summed E-state index contributed by atoms with van der Waals surface area (Å²) >= 11 is 5.94. The molecule has 0 aliphatic heterocycles. The van der Waals surface area contributed by atoms with E-state index in [4.69, 9.17) is 16.0 Å². The number of carbonyl (C=O) groups is 1. The predicted molar refractivity (Wildman–Crippen MR) is 98.9 cm³/mol. The molecule has 0 fully saturated rings. The molecule has 3 aromatic rings. The maximum Gasteiger partial charge on any atom is 0.255 e. The normalized spacial score (nSPS) is 10.5. The highest BCUT2D eigenvalue weighted by Crippen LogP contribution is 2.24. The summed E-state index contributed by atoms with van der Waals surface area (Å²) in [5, 5.41) is 3.52. The molecule has 1 aromatic carbocycles. The molecule has 6 heteroatoms. The zero-order chi connectivity index (χ0) is 17.8. The Labute approximate surface area is 151 Å². The van der Waals surface area contributed by atoms with Gasteiger partial charge in [-0.15, -0.1) is 0 Å². The van der Waals surface area contributed by atoms with E-state index in [9.17, 15) is 4.79 Å². The highest BCUT2D eigenvalue weighted by atomic mass is 35.5. The number of amides is 1. The zero-order valence-electron chi connectivity index (χ0n) is 14.0. The lowest BCUT2D eigenvalue weighted by Crippen LogP contribution is -2.26. The van der Waals surface area contributed by atoms with Gasteiger partial charge in [0.1, 0.15) is 11.6 Å². The third kappa shape index (κ3) is 4.00. The zero-order valence-corrected chi connectivity index (χ0v) is 14.7. The summed E-state index contributed by atoms with van der Waals surface area (Å²) in [6.07, 6.45) is 1.58. The monoisotopic (exact) mass is 355 g/mol. The fraction of sp³-hybridized carbons (Fsp3) is 0.158. The van der Waals surface area contributed by atoms with Gasteiger partial charge in [-0.3, -0.25) is 4.79 Å². The maximum absolute atomic E-state index is 12.5. The van der Waals surface area contributed by atoms with Crippen molar-refractivity contribution in [2.24, 2.45) is 0 Å². The number of halogens is 1. The minimum atomic E-state index is -0.199. The third-order valence-electron chi connectivity index (χ3n) is 3.69. The van der Waals surface area contributed by atoms with Crippen molar-refractivity contribution in [2.75, 3.05) is 19.0 Å². The van der Waals surface area contributed by atoms with E-state index in [-0.39, 0.29) is 5.91 Å². The molecule has 5 nitrogen and oxygen atoms in total. The molecule has 0 saturated heterocycles. The lowest BCUT2D eigenvalue weighted by molar-refractivity contribution is 0.0948. The Bertz CT molecular complexity index is 859. The lowest BCUT2D eigenvalue weighted by atomic mass is 10.1. The van der Waals surface area contributed by atoms with Gasteiger partial charge in [0, 0.05) is 24.7 Å². The number of aromatic nitrogens is 1. The van der Waals surface area contributed by atoms with Gasteiger partial charge in [0.05, 0.1) is 24.1 Å². The van der Waals surface area contributed by atoms with Gasteiger partial charge < -0.3 is 14.6 Å². The van der Waals surface area contributed by atoms with Crippen molar-refractivity contribution in [1.29, 1.82) is 0 Å². The van der Waals surface area contributed by atoms with Crippen molar-refractivity contribution in [3.63, 3.8) is 0 Å². The molecule has 0 atom stereocenters. The first-order valence-electron chi connectivity index (χ1n) is 7.79. The van der Waals surface area contributed by atoms with Crippen molar-refractivity contribution < 1.29 is 9.21 Å². The van der Waals surface area contributed by atoms with Gasteiger partial charge in [-0.2, -0.15) is 0 Å². The minimum absolute atomic E-state index is 0.199. The van der Waals surface area contributed by atoms with E-state index < -0.39 is 0 Å². The second kappa shape index (κ2) is 7.40. The van der Waals surface area contributed by atoms with Gasteiger partial charge in [-0.05, 0) is 36.4 Å². The first kappa shape index (κ1) is 17.0. The van der Waals surface area contributed by atoms with Crippen LogP contribution in [0.1, 0.15) is 16.1 Å². The summed E-state index contributed by atoms with van der Waals surface area (Å²) in [5.41, 5.74) is 2.23. The van der Waals surface area contributed by atoms with Gasteiger partial charge >= 0.3 is 0 Å². The number of hydrogen-bond acceptors (Lipinski definition) is 4. The molecule has 0 unspecified atom stereocenters. The Morgan fingerprint density at radius 1 is 1.16 bits per heavy atom. The van der Waals surface area contributed by atoms with Crippen LogP contribution >= 0.6 is 11.6 Å². The smallest absolute Gasteiger partial charge is 0.255 e. The largest absolute Gasteiger partial charge is 0.467 e. The topological polar surface area (TPSA) is 58.4 Å². The van der Waals surface area contributed by atoms with Crippen LogP contribution in [0, 0.1) is 0 Å². The van der Waals surface area contributed by atoms with E-state index in [0.29, 0.717) is 28.7 Å². The number of pyridine rings is 1. The molecule has 0 saturated carbocycles. The van der Waals surface area contributed by atoms with Crippen LogP contribution in [-0.4, -0.2) is 25.0 Å². The molecule has 1 amide bonds. The number of furan rings is 1. The predicted octanol–water partition coefficient (Wildman–Crippen LogP) is 3.99. The molecule has 0 bridgehead atoms.